The van der Waals surface area contributed by atoms with E-state index in [1.54, 1.807) is 17.2 Å². The third-order valence-corrected chi connectivity index (χ3v) is 5.51. The molecule has 154 valence electrons. The van der Waals surface area contributed by atoms with Crippen LogP contribution in [0.1, 0.15) is 49.7 Å². The van der Waals surface area contributed by atoms with E-state index in [1.807, 2.05) is 12.1 Å². The highest BCUT2D eigenvalue weighted by Gasteiger charge is 2.41. The molecule has 0 atom stereocenters. The quantitative estimate of drug-likeness (QED) is 0.856. The van der Waals surface area contributed by atoms with Crippen molar-refractivity contribution in [2.75, 3.05) is 31.6 Å². The van der Waals surface area contributed by atoms with Crippen LogP contribution < -0.4 is 5.32 Å². The van der Waals surface area contributed by atoms with Gasteiger partial charge < -0.3 is 19.7 Å². The molecule has 3 heterocycles. The molecule has 2 fully saturated rings. The van der Waals surface area contributed by atoms with Gasteiger partial charge in [-0.1, -0.05) is 32.9 Å². The minimum Gasteiger partial charge on any atom is -0.347 e. The zero-order valence-corrected chi connectivity index (χ0v) is 17.3. The van der Waals surface area contributed by atoms with Crippen LogP contribution >= 0.6 is 0 Å². The van der Waals surface area contributed by atoms with Crippen molar-refractivity contribution in [2.24, 2.45) is 0 Å². The Morgan fingerprint density at radius 1 is 1.07 bits per heavy atom. The molecule has 7 nitrogen and oxygen atoms in total. The molecule has 2 aliphatic rings. The van der Waals surface area contributed by atoms with Crippen molar-refractivity contribution in [2.45, 2.75) is 44.8 Å². The molecule has 2 saturated heterocycles. The van der Waals surface area contributed by atoms with E-state index in [-0.39, 0.29) is 11.3 Å². The van der Waals surface area contributed by atoms with E-state index in [0.29, 0.717) is 50.8 Å². The van der Waals surface area contributed by atoms with Crippen molar-refractivity contribution in [1.82, 2.24) is 14.9 Å². The zero-order chi connectivity index (χ0) is 20.5. The first-order valence-corrected chi connectivity index (χ1v) is 10.1. The van der Waals surface area contributed by atoms with E-state index in [1.165, 1.54) is 5.56 Å². The second-order valence-corrected chi connectivity index (χ2v) is 8.62. The van der Waals surface area contributed by atoms with Gasteiger partial charge in [0.25, 0.3) is 5.91 Å². The summed E-state index contributed by atoms with van der Waals surface area (Å²) in [7, 11) is 0. The third-order valence-electron chi connectivity index (χ3n) is 5.51. The highest BCUT2D eigenvalue weighted by Crippen LogP contribution is 2.31. The number of nitrogens with zero attached hydrogens (tertiary/aromatic N) is 3. The smallest absolute Gasteiger partial charge is 0.272 e. The molecule has 1 aromatic heterocycles. The fourth-order valence-electron chi connectivity index (χ4n) is 3.72. The first-order valence-electron chi connectivity index (χ1n) is 10.1. The van der Waals surface area contributed by atoms with E-state index in [9.17, 15) is 4.79 Å². The van der Waals surface area contributed by atoms with Crippen LogP contribution in [0.25, 0.3) is 0 Å². The fraction of sp³-hybridized carbons (Fsp3) is 0.500. The highest BCUT2D eigenvalue weighted by atomic mass is 16.7. The average molecular weight is 396 g/mol. The van der Waals surface area contributed by atoms with Crippen LogP contribution in [0, 0.1) is 0 Å². The normalized spacial score (nSPS) is 18.8. The van der Waals surface area contributed by atoms with Gasteiger partial charge in [0.1, 0.15) is 5.69 Å². The Bertz CT molecular complexity index is 860. The van der Waals surface area contributed by atoms with Gasteiger partial charge in [-0.25, -0.2) is 9.97 Å². The SMILES string of the molecule is CC(C)(C)c1ccc(Nc2nccc(C(=O)N3CCC4(CC3)OCCO4)n2)cc1. The molecular weight excluding hydrogens is 368 g/mol. The number of amides is 1. The number of hydrogen-bond acceptors (Lipinski definition) is 6. The summed E-state index contributed by atoms with van der Waals surface area (Å²) in [5.74, 6) is -0.171. The number of rotatable bonds is 3. The number of carbonyl (C=O) groups is 1. The summed E-state index contributed by atoms with van der Waals surface area (Å²) in [4.78, 5) is 23.4. The van der Waals surface area contributed by atoms with E-state index < -0.39 is 5.79 Å². The predicted molar refractivity (Wildman–Crippen MR) is 110 cm³/mol. The van der Waals surface area contributed by atoms with Gasteiger partial charge in [-0.3, -0.25) is 4.79 Å². The van der Waals surface area contributed by atoms with Crippen LogP contribution in [0.3, 0.4) is 0 Å². The second kappa shape index (κ2) is 7.72. The molecule has 0 bridgehead atoms. The van der Waals surface area contributed by atoms with Gasteiger partial charge in [0.2, 0.25) is 5.95 Å². The molecule has 1 aromatic carbocycles. The highest BCUT2D eigenvalue weighted by molar-refractivity contribution is 5.92. The predicted octanol–water partition coefficient (Wildman–Crippen LogP) is 3.50. The number of piperidine rings is 1. The Labute approximate surface area is 171 Å². The summed E-state index contributed by atoms with van der Waals surface area (Å²) >= 11 is 0. The molecule has 0 radical (unpaired) electrons. The summed E-state index contributed by atoms with van der Waals surface area (Å²) in [6.07, 6.45) is 2.99. The maximum atomic E-state index is 12.9. The largest absolute Gasteiger partial charge is 0.347 e. The number of carbonyl (C=O) groups excluding carboxylic acids is 1. The second-order valence-electron chi connectivity index (χ2n) is 8.62. The lowest BCUT2D eigenvalue weighted by atomic mass is 9.87. The first-order chi connectivity index (χ1) is 13.8. The summed E-state index contributed by atoms with van der Waals surface area (Å²) in [5.41, 5.74) is 2.63. The lowest BCUT2D eigenvalue weighted by molar-refractivity contribution is -0.181. The molecule has 1 N–H and O–H groups in total. The third kappa shape index (κ3) is 4.41. The Kier molecular flexibility index (Phi) is 5.27. The average Bonchev–Trinajstić information content (AvgIpc) is 3.16. The monoisotopic (exact) mass is 396 g/mol. The van der Waals surface area contributed by atoms with Crippen LogP contribution in [0.5, 0.6) is 0 Å². The van der Waals surface area contributed by atoms with Crippen molar-refractivity contribution in [1.29, 1.82) is 0 Å². The maximum Gasteiger partial charge on any atom is 0.272 e. The van der Waals surface area contributed by atoms with Gasteiger partial charge in [-0.2, -0.15) is 0 Å². The molecule has 2 aromatic rings. The number of likely N-dealkylation sites (tertiary alicyclic amines) is 1. The van der Waals surface area contributed by atoms with Crippen LogP contribution in [-0.2, 0) is 14.9 Å². The minimum atomic E-state index is -0.492. The Morgan fingerprint density at radius 2 is 1.72 bits per heavy atom. The molecule has 0 unspecified atom stereocenters. The fourth-order valence-corrected chi connectivity index (χ4v) is 3.72. The molecule has 1 spiro atoms. The van der Waals surface area contributed by atoms with Crippen LogP contribution in [-0.4, -0.2) is 52.9 Å². The summed E-state index contributed by atoms with van der Waals surface area (Å²) in [5, 5.41) is 3.19. The lowest BCUT2D eigenvalue weighted by Gasteiger charge is -2.37. The van der Waals surface area contributed by atoms with Crippen LogP contribution in [0.15, 0.2) is 36.5 Å². The topological polar surface area (TPSA) is 76.6 Å². The number of hydrogen-bond donors (Lipinski definition) is 1. The molecule has 29 heavy (non-hydrogen) atoms. The van der Waals surface area contributed by atoms with Crippen molar-refractivity contribution >= 4 is 17.5 Å². The molecule has 1 amide bonds. The Morgan fingerprint density at radius 3 is 2.34 bits per heavy atom. The summed E-state index contributed by atoms with van der Waals surface area (Å²) in [6.45, 7) is 9.00. The van der Waals surface area contributed by atoms with Gasteiger partial charge in [0, 0.05) is 37.8 Å². The van der Waals surface area contributed by atoms with E-state index in [4.69, 9.17) is 9.47 Å². The van der Waals surface area contributed by atoms with Gasteiger partial charge in [0.15, 0.2) is 5.79 Å². The van der Waals surface area contributed by atoms with E-state index in [2.05, 4.69) is 48.2 Å². The molecular formula is C22H28N4O3. The molecule has 0 aliphatic carbocycles. The first kappa shape index (κ1) is 19.8. The van der Waals surface area contributed by atoms with Crippen molar-refractivity contribution in [3.05, 3.63) is 47.8 Å². The Balaban J connectivity index is 1.41. The van der Waals surface area contributed by atoms with Gasteiger partial charge >= 0.3 is 0 Å². The molecule has 7 heteroatoms. The van der Waals surface area contributed by atoms with E-state index in [0.717, 1.165) is 5.69 Å². The summed E-state index contributed by atoms with van der Waals surface area (Å²) in [6, 6.07) is 9.85. The Hall–Kier alpha value is -2.51. The number of benzene rings is 1. The molecule has 0 saturated carbocycles. The van der Waals surface area contributed by atoms with Gasteiger partial charge in [-0.15, -0.1) is 0 Å². The number of nitrogens with one attached hydrogen (secondary N) is 1. The summed E-state index contributed by atoms with van der Waals surface area (Å²) < 4.78 is 11.5. The van der Waals surface area contributed by atoms with Crippen molar-refractivity contribution in [3.8, 4) is 0 Å². The minimum absolute atomic E-state index is 0.0913. The number of anilines is 2. The number of aromatic nitrogens is 2. The maximum absolute atomic E-state index is 12.9. The standard InChI is InChI=1S/C22H28N4O3/c1-21(2,3)16-4-6-17(7-5-16)24-20-23-11-8-18(25-20)19(27)26-12-9-22(10-13-26)28-14-15-29-22/h4-8,11H,9-10,12-15H2,1-3H3,(H,23,24,25). The van der Waals surface area contributed by atoms with Crippen LogP contribution in [0.4, 0.5) is 11.6 Å². The number of ether oxygens (including phenoxy) is 2. The van der Waals surface area contributed by atoms with E-state index >= 15 is 0 Å². The zero-order valence-electron chi connectivity index (χ0n) is 17.3. The van der Waals surface area contributed by atoms with Crippen molar-refractivity contribution < 1.29 is 14.3 Å². The lowest BCUT2D eigenvalue weighted by Crippen LogP contribution is -2.47. The van der Waals surface area contributed by atoms with Gasteiger partial charge in [-0.05, 0) is 29.2 Å². The van der Waals surface area contributed by atoms with Crippen LogP contribution in [0.2, 0.25) is 0 Å². The van der Waals surface area contributed by atoms with Crippen molar-refractivity contribution in [3.63, 3.8) is 0 Å². The van der Waals surface area contributed by atoms with Gasteiger partial charge in [0.05, 0.1) is 13.2 Å². The molecule has 4 rings (SSSR count). The molecule has 2 aliphatic heterocycles.